The van der Waals surface area contributed by atoms with Crippen molar-refractivity contribution >= 4 is 11.9 Å². The second kappa shape index (κ2) is 5.96. The number of carbonyl (C=O) groups excluding carboxylic acids is 1. The number of aromatic carboxylic acids is 1. The first-order valence-corrected chi connectivity index (χ1v) is 5.80. The van der Waals surface area contributed by atoms with Crippen molar-refractivity contribution in [1.29, 1.82) is 0 Å². The van der Waals surface area contributed by atoms with Gasteiger partial charge in [-0.3, -0.25) is 4.79 Å². The largest absolute Gasteiger partial charge is 0.478 e. The lowest BCUT2D eigenvalue weighted by molar-refractivity contribution is -0.0462. The molecule has 0 heterocycles. The van der Waals surface area contributed by atoms with Crippen molar-refractivity contribution in [2.24, 2.45) is 0 Å². The Morgan fingerprint density at radius 2 is 1.70 bits per heavy atom. The van der Waals surface area contributed by atoms with E-state index in [1.807, 2.05) is 5.32 Å². The van der Waals surface area contributed by atoms with Gasteiger partial charge in [0.1, 0.15) is 6.61 Å². The number of alkyl halides is 2. The molecule has 1 aromatic carbocycles. The molecule has 3 N–H and O–H groups in total. The van der Waals surface area contributed by atoms with Crippen LogP contribution >= 0.6 is 0 Å². The molecule has 1 rings (SSSR count). The van der Waals surface area contributed by atoms with Gasteiger partial charge in [-0.1, -0.05) is 12.1 Å². The number of rotatable bonds is 5. The highest BCUT2D eigenvalue weighted by molar-refractivity contribution is 6.06. The molecule has 0 aliphatic rings. The van der Waals surface area contributed by atoms with E-state index in [2.05, 4.69) is 0 Å². The maximum absolute atomic E-state index is 12.9. The van der Waals surface area contributed by atoms with Gasteiger partial charge in [-0.2, -0.15) is 0 Å². The molecule has 0 aliphatic heterocycles. The molecule has 0 atom stereocenters. The van der Waals surface area contributed by atoms with E-state index in [4.69, 9.17) is 10.2 Å². The summed E-state index contributed by atoms with van der Waals surface area (Å²) in [7, 11) is 0. The highest BCUT2D eigenvalue weighted by Gasteiger charge is 2.29. The number of hydrogen-bond acceptors (Lipinski definition) is 3. The zero-order valence-corrected chi connectivity index (χ0v) is 11.0. The number of aliphatic hydroxyl groups excluding tert-OH is 1. The molecule has 110 valence electrons. The Balaban J connectivity index is 3.10. The zero-order valence-electron chi connectivity index (χ0n) is 11.0. The van der Waals surface area contributed by atoms with Gasteiger partial charge < -0.3 is 15.5 Å². The summed E-state index contributed by atoms with van der Waals surface area (Å²) in [6.45, 7) is 0.577. The standard InChI is InChI=1S/C13H15F2NO4/c1-7-3-4-8(2)10(12(19)20)9(7)11(18)16-5-13(14,15)6-17/h3-4,17H,5-6H2,1-2H3,(H,16,18)(H,19,20). The normalized spacial score (nSPS) is 11.2. The second-order valence-corrected chi connectivity index (χ2v) is 4.45. The lowest BCUT2D eigenvalue weighted by Crippen LogP contribution is -2.39. The molecule has 0 fully saturated rings. The molecule has 0 aliphatic carbocycles. The fraction of sp³-hybridized carbons (Fsp3) is 0.385. The van der Waals surface area contributed by atoms with Crippen LogP contribution in [0.5, 0.6) is 0 Å². The quantitative estimate of drug-likeness (QED) is 0.763. The number of aliphatic hydroxyl groups is 1. The van der Waals surface area contributed by atoms with Gasteiger partial charge in [0.05, 0.1) is 17.7 Å². The van der Waals surface area contributed by atoms with Gasteiger partial charge in [-0.05, 0) is 25.0 Å². The van der Waals surface area contributed by atoms with Crippen molar-refractivity contribution in [2.45, 2.75) is 19.8 Å². The summed E-state index contributed by atoms with van der Waals surface area (Å²) in [5.74, 6) is -5.65. The Labute approximate surface area is 114 Å². The lowest BCUT2D eigenvalue weighted by Gasteiger charge is -2.16. The molecule has 0 unspecified atom stereocenters. The van der Waals surface area contributed by atoms with E-state index < -0.39 is 31.0 Å². The smallest absolute Gasteiger partial charge is 0.336 e. The summed E-state index contributed by atoms with van der Waals surface area (Å²) in [4.78, 5) is 23.1. The fourth-order valence-electron chi connectivity index (χ4n) is 1.73. The third-order valence-corrected chi connectivity index (χ3v) is 2.80. The van der Waals surface area contributed by atoms with Gasteiger partial charge in [-0.25, -0.2) is 13.6 Å². The van der Waals surface area contributed by atoms with Gasteiger partial charge in [-0.15, -0.1) is 0 Å². The zero-order chi connectivity index (χ0) is 15.5. The van der Waals surface area contributed by atoms with Crippen LogP contribution < -0.4 is 5.32 Å². The van der Waals surface area contributed by atoms with Crippen molar-refractivity contribution < 1.29 is 28.6 Å². The Kier molecular flexibility index (Phi) is 4.78. The van der Waals surface area contributed by atoms with E-state index >= 15 is 0 Å². The van der Waals surface area contributed by atoms with Crippen LogP contribution in [0.3, 0.4) is 0 Å². The summed E-state index contributed by atoms with van der Waals surface area (Å²) >= 11 is 0. The van der Waals surface area contributed by atoms with Crippen molar-refractivity contribution in [2.75, 3.05) is 13.2 Å². The predicted molar refractivity (Wildman–Crippen MR) is 67.2 cm³/mol. The highest BCUT2D eigenvalue weighted by atomic mass is 19.3. The molecular weight excluding hydrogens is 272 g/mol. The van der Waals surface area contributed by atoms with Gasteiger partial charge in [0.15, 0.2) is 0 Å². The lowest BCUT2D eigenvalue weighted by atomic mass is 9.96. The van der Waals surface area contributed by atoms with E-state index in [0.717, 1.165) is 0 Å². The Morgan fingerprint density at radius 1 is 1.20 bits per heavy atom. The van der Waals surface area contributed by atoms with Crippen LogP contribution in [0, 0.1) is 13.8 Å². The van der Waals surface area contributed by atoms with E-state index in [9.17, 15) is 18.4 Å². The molecule has 0 aromatic heterocycles. The molecule has 1 amide bonds. The third kappa shape index (κ3) is 3.51. The van der Waals surface area contributed by atoms with Gasteiger partial charge in [0.2, 0.25) is 0 Å². The van der Waals surface area contributed by atoms with E-state index in [1.54, 1.807) is 6.07 Å². The summed E-state index contributed by atoms with van der Waals surface area (Å²) in [5, 5.41) is 19.5. The Morgan fingerprint density at radius 3 is 2.15 bits per heavy atom. The van der Waals surface area contributed by atoms with Crippen molar-refractivity contribution in [3.63, 3.8) is 0 Å². The number of hydrogen-bond donors (Lipinski definition) is 3. The number of benzene rings is 1. The number of amides is 1. The summed E-state index contributed by atoms with van der Waals surface area (Å²) in [6.07, 6.45) is 0. The minimum atomic E-state index is -3.45. The van der Waals surface area contributed by atoms with Crippen LogP contribution in [-0.2, 0) is 0 Å². The molecule has 0 bridgehead atoms. The second-order valence-electron chi connectivity index (χ2n) is 4.45. The minimum Gasteiger partial charge on any atom is -0.478 e. The highest BCUT2D eigenvalue weighted by Crippen LogP contribution is 2.19. The Hall–Kier alpha value is -2.02. The molecule has 0 spiro atoms. The Bertz CT molecular complexity index is 543. The molecule has 1 aromatic rings. The van der Waals surface area contributed by atoms with Gasteiger partial charge in [0, 0.05) is 0 Å². The fourth-order valence-corrected chi connectivity index (χ4v) is 1.73. The first-order valence-electron chi connectivity index (χ1n) is 5.80. The van der Waals surface area contributed by atoms with Crippen molar-refractivity contribution in [3.8, 4) is 0 Å². The number of aryl methyl sites for hydroxylation is 2. The van der Waals surface area contributed by atoms with Gasteiger partial charge in [0.25, 0.3) is 11.8 Å². The molecule has 0 saturated heterocycles. The van der Waals surface area contributed by atoms with Crippen LogP contribution in [0.1, 0.15) is 31.8 Å². The van der Waals surface area contributed by atoms with Crippen molar-refractivity contribution in [3.05, 3.63) is 34.4 Å². The van der Waals surface area contributed by atoms with Crippen LogP contribution in [0.4, 0.5) is 8.78 Å². The molecule has 7 heteroatoms. The molecule has 5 nitrogen and oxygen atoms in total. The first-order chi connectivity index (χ1) is 9.19. The monoisotopic (exact) mass is 287 g/mol. The number of carboxylic acid groups (broad SMARTS) is 1. The van der Waals surface area contributed by atoms with Crippen molar-refractivity contribution in [1.82, 2.24) is 5.32 Å². The maximum Gasteiger partial charge on any atom is 0.336 e. The molecule has 0 radical (unpaired) electrons. The average molecular weight is 287 g/mol. The average Bonchev–Trinajstić information content (AvgIpc) is 2.38. The first kappa shape index (κ1) is 16.0. The van der Waals surface area contributed by atoms with Crippen LogP contribution in [-0.4, -0.2) is 41.2 Å². The maximum atomic E-state index is 12.9. The molecule has 20 heavy (non-hydrogen) atoms. The predicted octanol–water partition coefficient (Wildman–Crippen LogP) is 1.36. The topological polar surface area (TPSA) is 86.6 Å². The van der Waals surface area contributed by atoms with E-state index in [1.165, 1.54) is 19.9 Å². The number of nitrogens with one attached hydrogen (secondary N) is 1. The molecular formula is C13H15F2NO4. The summed E-state index contributed by atoms with van der Waals surface area (Å²) in [6, 6.07) is 3.08. The SMILES string of the molecule is Cc1ccc(C)c(C(=O)NCC(F)(F)CO)c1C(=O)O. The van der Waals surface area contributed by atoms with E-state index in [0.29, 0.717) is 11.1 Å². The summed E-state index contributed by atoms with van der Waals surface area (Å²) in [5.41, 5.74) is 0.376. The summed E-state index contributed by atoms with van der Waals surface area (Å²) < 4.78 is 25.8. The van der Waals surface area contributed by atoms with E-state index in [-0.39, 0.29) is 11.1 Å². The minimum absolute atomic E-state index is 0.147. The number of carbonyl (C=O) groups is 2. The molecule has 0 saturated carbocycles. The van der Waals surface area contributed by atoms with Crippen LogP contribution in [0.2, 0.25) is 0 Å². The number of halogens is 2. The number of carboxylic acids is 1. The third-order valence-electron chi connectivity index (χ3n) is 2.80. The van der Waals surface area contributed by atoms with Crippen LogP contribution in [0.25, 0.3) is 0 Å². The van der Waals surface area contributed by atoms with Gasteiger partial charge >= 0.3 is 5.97 Å². The van der Waals surface area contributed by atoms with Crippen LogP contribution in [0.15, 0.2) is 12.1 Å².